The van der Waals surface area contributed by atoms with Crippen LogP contribution in [0.5, 0.6) is 5.88 Å². The normalized spacial score (nSPS) is 15.0. The second-order valence-electron chi connectivity index (χ2n) is 10.9. The van der Waals surface area contributed by atoms with Gasteiger partial charge in [-0.2, -0.15) is 13.2 Å². The van der Waals surface area contributed by atoms with Crippen molar-refractivity contribution in [3.8, 4) is 17.3 Å². The van der Waals surface area contributed by atoms with Crippen LogP contribution >= 0.6 is 0 Å². The largest absolute Gasteiger partial charge is 0.479 e. The van der Waals surface area contributed by atoms with Gasteiger partial charge < -0.3 is 18.8 Å². The van der Waals surface area contributed by atoms with Crippen LogP contribution in [0.1, 0.15) is 75.6 Å². The van der Waals surface area contributed by atoms with Crippen molar-refractivity contribution in [3.05, 3.63) is 76.9 Å². The van der Waals surface area contributed by atoms with Gasteiger partial charge in [-0.15, -0.1) is 11.5 Å². The van der Waals surface area contributed by atoms with E-state index in [1.165, 1.54) is 7.11 Å². The Morgan fingerprint density at radius 1 is 1.14 bits per heavy atom. The summed E-state index contributed by atoms with van der Waals surface area (Å²) in [6, 6.07) is 0.288. The maximum Gasteiger partial charge on any atom is 0.434 e. The zero-order valence-corrected chi connectivity index (χ0v) is 24.8. The summed E-state index contributed by atoms with van der Waals surface area (Å²) in [6.45, 7) is 5.74. The standard InChI is InChI=1S/C32H34F4N6O/c1-6-7-11-22-16-37-27(29-31(43-5)38-19-42(29)24-14-15-24)26(33)28(22)40(4)17-20(2)9-8-10-21(3)30-39-25(32(34,35)36)18-41(30)23-12-13-23/h6,8,10-11,16,18-19,23-24H,12-15,17H2,1-5H3/b21-10+. The lowest BCUT2D eigenvalue weighted by Gasteiger charge is -2.23. The highest BCUT2D eigenvalue weighted by Gasteiger charge is 2.37. The highest BCUT2D eigenvalue weighted by molar-refractivity contribution is 5.75. The third kappa shape index (κ3) is 6.53. The average molecular weight is 595 g/mol. The van der Waals surface area contributed by atoms with Crippen LogP contribution in [0.25, 0.3) is 23.0 Å². The zero-order chi connectivity index (χ0) is 30.9. The number of hydrogen-bond donors (Lipinski definition) is 0. The van der Waals surface area contributed by atoms with Crippen LogP contribution < -0.4 is 9.64 Å². The number of nitrogens with zero attached hydrogens (tertiary/aromatic N) is 6. The summed E-state index contributed by atoms with van der Waals surface area (Å²) < 4.78 is 65.2. The van der Waals surface area contributed by atoms with Crippen molar-refractivity contribution in [2.75, 3.05) is 25.6 Å². The number of anilines is 1. The first-order valence-electron chi connectivity index (χ1n) is 14.2. The molecule has 2 saturated carbocycles. The number of halogens is 4. The third-order valence-corrected chi connectivity index (χ3v) is 7.38. The number of likely N-dealkylation sites (N-methyl/N-ethyl adjacent to an activating group) is 1. The van der Waals surface area contributed by atoms with Crippen molar-refractivity contribution in [1.29, 1.82) is 0 Å². The molecule has 11 heteroatoms. The molecule has 0 amide bonds. The van der Waals surface area contributed by atoms with Gasteiger partial charge in [-0.05, 0) is 81.9 Å². The van der Waals surface area contributed by atoms with Crippen LogP contribution in [0.2, 0.25) is 0 Å². The molecule has 5 rings (SSSR count). The van der Waals surface area contributed by atoms with Gasteiger partial charge in [0.15, 0.2) is 11.5 Å². The van der Waals surface area contributed by atoms with E-state index in [1.807, 2.05) is 18.4 Å². The molecule has 226 valence electrons. The summed E-state index contributed by atoms with van der Waals surface area (Å²) in [6.07, 6.45) is 10.3. The van der Waals surface area contributed by atoms with Crippen molar-refractivity contribution in [1.82, 2.24) is 24.1 Å². The summed E-state index contributed by atoms with van der Waals surface area (Å²) in [5.74, 6) is 0.111. The van der Waals surface area contributed by atoms with E-state index in [2.05, 4.69) is 26.4 Å². The Kier molecular flexibility index (Phi) is 8.49. The topological polar surface area (TPSA) is 61.0 Å². The molecule has 43 heavy (non-hydrogen) atoms. The van der Waals surface area contributed by atoms with Crippen LogP contribution in [0.4, 0.5) is 23.2 Å². The maximum absolute atomic E-state index is 16.3. The van der Waals surface area contributed by atoms with Crippen molar-refractivity contribution >= 4 is 17.3 Å². The average Bonchev–Trinajstić information content (AvgIpc) is 3.90. The first-order chi connectivity index (χ1) is 20.5. The lowest BCUT2D eigenvalue weighted by molar-refractivity contribution is -0.141. The molecule has 2 fully saturated rings. The van der Waals surface area contributed by atoms with E-state index < -0.39 is 17.7 Å². The second-order valence-corrected chi connectivity index (χ2v) is 10.9. The molecule has 0 unspecified atom stereocenters. The number of imidazole rings is 2. The summed E-state index contributed by atoms with van der Waals surface area (Å²) in [5.41, 5.74) is 8.22. The Bertz CT molecular complexity index is 1670. The molecule has 2 aliphatic rings. The summed E-state index contributed by atoms with van der Waals surface area (Å²) in [5, 5.41) is 0. The number of pyridine rings is 1. The Morgan fingerprint density at radius 2 is 1.84 bits per heavy atom. The molecular formula is C32H34F4N6O. The fourth-order valence-electron chi connectivity index (χ4n) is 4.99. The molecule has 0 aromatic carbocycles. The fraction of sp³-hybridized carbons (Fsp3) is 0.406. The number of allylic oxidation sites excluding steroid dienone is 3. The molecular weight excluding hydrogens is 560 g/mol. The van der Waals surface area contributed by atoms with Crippen LogP contribution in [0.3, 0.4) is 0 Å². The van der Waals surface area contributed by atoms with E-state index in [1.54, 1.807) is 60.3 Å². The van der Waals surface area contributed by atoms with Crippen LogP contribution in [-0.4, -0.2) is 44.8 Å². The maximum atomic E-state index is 16.3. The SMILES string of the molecule is CC=C=Cc1cnc(-c2c(OC)ncn2C2CC2)c(F)c1N(C)CC(C)=C=C/C=C(\C)c1nc(C(F)(F)F)cn1C1CC1. The van der Waals surface area contributed by atoms with Crippen LogP contribution in [-0.2, 0) is 6.18 Å². The van der Waals surface area contributed by atoms with Gasteiger partial charge in [0.25, 0.3) is 0 Å². The van der Waals surface area contributed by atoms with Gasteiger partial charge in [0.1, 0.15) is 17.2 Å². The molecule has 2 aliphatic carbocycles. The molecule has 3 heterocycles. The van der Waals surface area contributed by atoms with E-state index in [-0.39, 0.29) is 17.8 Å². The van der Waals surface area contributed by atoms with E-state index in [0.717, 1.165) is 37.5 Å². The van der Waals surface area contributed by atoms with Gasteiger partial charge in [-0.3, -0.25) is 4.98 Å². The number of rotatable bonds is 10. The minimum Gasteiger partial charge on any atom is -0.479 e. The summed E-state index contributed by atoms with van der Waals surface area (Å²) in [7, 11) is 3.28. The van der Waals surface area contributed by atoms with Crippen LogP contribution in [0.15, 0.2) is 54.0 Å². The number of hydrogen-bond acceptors (Lipinski definition) is 5. The zero-order valence-electron chi connectivity index (χ0n) is 24.8. The number of alkyl halides is 3. The smallest absolute Gasteiger partial charge is 0.434 e. The second kappa shape index (κ2) is 12.1. The highest BCUT2D eigenvalue weighted by atomic mass is 19.4. The van der Waals surface area contributed by atoms with Crippen molar-refractivity contribution in [3.63, 3.8) is 0 Å². The van der Waals surface area contributed by atoms with Crippen LogP contribution in [0, 0.1) is 5.82 Å². The monoisotopic (exact) mass is 594 g/mol. The Morgan fingerprint density at radius 3 is 2.47 bits per heavy atom. The van der Waals surface area contributed by atoms with Gasteiger partial charge in [0.2, 0.25) is 5.88 Å². The predicted octanol–water partition coefficient (Wildman–Crippen LogP) is 7.81. The number of aromatic nitrogens is 5. The molecule has 3 aromatic rings. The molecule has 0 aliphatic heterocycles. The van der Waals surface area contributed by atoms with Gasteiger partial charge >= 0.3 is 6.18 Å². The summed E-state index contributed by atoms with van der Waals surface area (Å²) in [4.78, 5) is 14.4. The summed E-state index contributed by atoms with van der Waals surface area (Å²) >= 11 is 0. The number of ether oxygens (including phenoxy) is 1. The molecule has 0 spiro atoms. The minimum absolute atomic E-state index is 0.0469. The first-order valence-corrected chi connectivity index (χ1v) is 14.2. The van der Waals surface area contributed by atoms with E-state index >= 15 is 4.39 Å². The van der Waals surface area contributed by atoms with Crippen molar-refractivity contribution in [2.24, 2.45) is 0 Å². The van der Waals surface area contributed by atoms with Gasteiger partial charge in [0, 0.05) is 43.6 Å². The highest BCUT2D eigenvalue weighted by Crippen LogP contribution is 2.43. The van der Waals surface area contributed by atoms with Crippen molar-refractivity contribution in [2.45, 2.75) is 64.7 Å². The van der Waals surface area contributed by atoms with E-state index in [0.29, 0.717) is 40.8 Å². The molecule has 0 atom stereocenters. The number of methoxy groups -OCH3 is 1. The molecule has 0 N–H and O–H groups in total. The fourth-order valence-corrected chi connectivity index (χ4v) is 4.99. The Hall–Kier alpha value is -4.33. The Balaban J connectivity index is 1.45. The van der Waals surface area contributed by atoms with E-state index in [4.69, 9.17) is 4.74 Å². The third-order valence-electron chi connectivity index (χ3n) is 7.38. The molecule has 0 bridgehead atoms. The van der Waals surface area contributed by atoms with E-state index in [9.17, 15) is 13.2 Å². The lowest BCUT2D eigenvalue weighted by Crippen LogP contribution is -2.22. The Labute approximate surface area is 248 Å². The predicted molar refractivity (Wildman–Crippen MR) is 158 cm³/mol. The molecule has 7 nitrogen and oxygen atoms in total. The molecule has 3 aromatic heterocycles. The quantitative estimate of drug-likeness (QED) is 0.136. The molecule has 0 radical (unpaired) electrons. The molecule has 0 saturated heterocycles. The minimum atomic E-state index is -4.50. The van der Waals surface area contributed by atoms with Gasteiger partial charge in [0.05, 0.1) is 19.1 Å². The van der Waals surface area contributed by atoms with Crippen molar-refractivity contribution < 1.29 is 22.3 Å². The first kappa shape index (κ1) is 30.1. The van der Waals surface area contributed by atoms with Gasteiger partial charge in [-0.25, -0.2) is 14.4 Å². The lowest BCUT2D eigenvalue weighted by atomic mass is 10.1. The van der Waals surface area contributed by atoms with Gasteiger partial charge in [-0.1, -0.05) is 0 Å².